The zero-order valence-electron chi connectivity index (χ0n) is 6.26. The van der Waals surface area contributed by atoms with Crippen LogP contribution in [0.25, 0.3) is 0 Å². The molecule has 0 spiro atoms. The standard InChI is InChI=1S/C6H2Cl4O3S.Na.H/c7-2-1-3(8)5(10)6(4(2)9)14(11,12)13;;/h1H,(H,11,12,13);;. The molecule has 3 nitrogen and oxygen atoms in total. The van der Waals surface area contributed by atoms with Gasteiger partial charge in [0.15, 0.2) is 0 Å². The van der Waals surface area contributed by atoms with Crippen LogP contribution >= 0.6 is 46.4 Å². The molecule has 0 heterocycles. The normalized spacial score (nSPS) is 11.0. The van der Waals surface area contributed by atoms with Gasteiger partial charge in [0.2, 0.25) is 0 Å². The first kappa shape index (κ1) is 16.3. The van der Waals surface area contributed by atoms with Gasteiger partial charge in [-0.2, -0.15) is 8.42 Å². The molecule has 0 aliphatic heterocycles. The van der Waals surface area contributed by atoms with Gasteiger partial charge in [-0.1, -0.05) is 46.4 Å². The quantitative estimate of drug-likeness (QED) is 0.492. The Kier molecular flexibility index (Phi) is 6.25. The van der Waals surface area contributed by atoms with Gasteiger partial charge in [0, 0.05) is 0 Å². The summed E-state index contributed by atoms with van der Waals surface area (Å²) in [6.07, 6.45) is 0. The van der Waals surface area contributed by atoms with Crippen molar-refractivity contribution in [1.82, 2.24) is 0 Å². The van der Waals surface area contributed by atoms with Crippen LogP contribution in [0.4, 0.5) is 0 Å². The molecule has 0 saturated carbocycles. The summed E-state index contributed by atoms with van der Waals surface area (Å²) in [5.74, 6) is 0. The van der Waals surface area contributed by atoms with Gasteiger partial charge >= 0.3 is 29.6 Å². The maximum absolute atomic E-state index is 10.8. The molecular formula is C6H3Cl4NaO3S. The van der Waals surface area contributed by atoms with Crippen LogP contribution in [0.3, 0.4) is 0 Å². The first-order valence-corrected chi connectivity index (χ1v) is 6.01. The van der Waals surface area contributed by atoms with E-state index >= 15 is 0 Å². The Hall–Kier alpha value is 1.29. The van der Waals surface area contributed by atoms with Crippen LogP contribution in [0, 0.1) is 0 Å². The Labute approximate surface area is 129 Å². The fourth-order valence-corrected chi connectivity index (χ4v) is 2.96. The predicted molar refractivity (Wildman–Crippen MR) is 63.4 cm³/mol. The molecule has 80 valence electrons. The van der Waals surface area contributed by atoms with Gasteiger partial charge in [0.05, 0.1) is 20.1 Å². The molecule has 0 unspecified atom stereocenters. The van der Waals surface area contributed by atoms with E-state index in [-0.39, 0.29) is 49.6 Å². The third-order valence-electron chi connectivity index (χ3n) is 1.33. The molecule has 1 N–H and O–H groups in total. The fourth-order valence-electron chi connectivity index (χ4n) is 0.778. The van der Waals surface area contributed by atoms with E-state index < -0.39 is 15.0 Å². The Morgan fingerprint density at radius 2 is 1.33 bits per heavy atom. The van der Waals surface area contributed by atoms with E-state index in [1.165, 1.54) is 6.07 Å². The Morgan fingerprint density at radius 1 is 1.00 bits per heavy atom. The summed E-state index contributed by atoms with van der Waals surface area (Å²) in [6.45, 7) is 0. The Morgan fingerprint density at radius 3 is 1.60 bits per heavy atom. The summed E-state index contributed by atoms with van der Waals surface area (Å²) < 4.78 is 30.5. The average Bonchev–Trinajstić information content (AvgIpc) is 1.98. The van der Waals surface area contributed by atoms with Gasteiger partial charge in [0.25, 0.3) is 10.1 Å². The van der Waals surface area contributed by atoms with Crippen molar-refractivity contribution in [1.29, 1.82) is 0 Å². The van der Waals surface area contributed by atoms with Crippen molar-refractivity contribution in [2.45, 2.75) is 4.90 Å². The van der Waals surface area contributed by atoms with Crippen molar-refractivity contribution >= 4 is 86.1 Å². The average molecular weight is 320 g/mol. The van der Waals surface area contributed by atoms with Crippen molar-refractivity contribution < 1.29 is 13.0 Å². The zero-order valence-corrected chi connectivity index (χ0v) is 10.1. The molecule has 0 radical (unpaired) electrons. The van der Waals surface area contributed by atoms with Gasteiger partial charge in [-0.15, -0.1) is 0 Å². The molecule has 0 aliphatic carbocycles. The summed E-state index contributed by atoms with van der Waals surface area (Å²) in [4.78, 5) is -0.682. The van der Waals surface area contributed by atoms with Crippen LogP contribution < -0.4 is 0 Å². The van der Waals surface area contributed by atoms with Crippen LogP contribution in [0.1, 0.15) is 0 Å². The molecule has 0 aromatic heterocycles. The maximum atomic E-state index is 10.8. The van der Waals surface area contributed by atoms with Crippen molar-refractivity contribution in [2.75, 3.05) is 0 Å². The van der Waals surface area contributed by atoms with Gasteiger partial charge in [0.1, 0.15) is 4.90 Å². The summed E-state index contributed by atoms with van der Waals surface area (Å²) in [6, 6.07) is 1.18. The van der Waals surface area contributed by atoms with Crippen molar-refractivity contribution in [3.63, 3.8) is 0 Å². The molecule has 0 atom stereocenters. The summed E-state index contributed by atoms with van der Waals surface area (Å²) >= 11 is 22.2. The molecule has 0 amide bonds. The van der Waals surface area contributed by atoms with E-state index in [4.69, 9.17) is 51.0 Å². The Balaban J connectivity index is 0.00000196. The third-order valence-corrected chi connectivity index (χ3v) is 4.05. The van der Waals surface area contributed by atoms with E-state index in [2.05, 4.69) is 0 Å². The van der Waals surface area contributed by atoms with Crippen LogP contribution in [0.5, 0.6) is 0 Å². The number of hydrogen-bond acceptors (Lipinski definition) is 2. The van der Waals surface area contributed by atoms with E-state index in [1.54, 1.807) is 0 Å². The van der Waals surface area contributed by atoms with Crippen LogP contribution in [-0.4, -0.2) is 42.5 Å². The van der Waals surface area contributed by atoms with E-state index in [1.807, 2.05) is 0 Å². The third kappa shape index (κ3) is 3.63. The van der Waals surface area contributed by atoms with Gasteiger partial charge in [-0.25, -0.2) is 0 Å². The van der Waals surface area contributed by atoms with Gasteiger partial charge < -0.3 is 0 Å². The molecular weight excluding hydrogens is 317 g/mol. The van der Waals surface area contributed by atoms with Gasteiger partial charge in [-0.3, -0.25) is 4.55 Å². The monoisotopic (exact) mass is 318 g/mol. The van der Waals surface area contributed by atoms with Crippen LogP contribution in [0.2, 0.25) is 20.1 Å². The second kappa shape index (κ2) is 5.76. The summed E-state index contributed by atoms with van der Waals surface area (Å²) in [5.41, 5.74) is 0. The van der Waals surface area contributed by atoms with Crippen LogP contribution in [0.15, 0.2) is 11.0 Å². The zero-order chi connectivity index (χ0) is 11.1. The van der Waals surface area contributed by atoms with Crippen molar-refractivity contribution in [2.24, 2.45) is 0 Å². The molecule has 1 aromatic rings. The fraction of sp³-hybridized carbons (Fsp3) is 0. The van der Waals surface area contributed by atoms with Crippen LogP contribution in [-0.2, 0) is 10.1 Å². The molecule has 0 fully saturated rings. The molecule has 1 rings (SSSR count). The predicted octanol–water partition coefficient (Wildman–Crippen LogP) is 2.90. The number of hydrogen-bond donors (Lipinski definition) is 1. The molecule has 0 saturated heterocycles. The first-order chi connectivity index (χ1) is 6.25. The van der Waals surface area contributed by atoms with E-state index in [9.17, 15) is 8.42 Å². The molecule has 15 heavy (non-hydrogen) atoms. The Bertz CT molecular complexity index is 461. The SMILES string of the molecule is O=S(=O)(O)c1c(Cl)c(Cl)cc(Cl)c1Cl.[NaH]. The second-order valence-electron chi connectivity index (χ2n) is 2.27. The second-order valence-corrected chi connectivity index (χ2v) is 5.20. The van der Waals surface area contributed by atoms with E-state index in [0.717, 1.165) is 0 Å². The van der Waals surface area contributed by atoms with E-state index in [0.29, 0.717) is 0 Å². The topological polar surface area (TPSA) is 54.4 Å². The summed E-state index contributed by atoms with van der Waals surface area (Å²) in [7, 11) is -4.54. The minimum absolute atomic E-state index is 0. The van der Waals surface area contributed by atoms with Gasteiger partial charge in [-0.05, 0) is 6.07 Å². The number of halogens is 4. The summed E-state index contributed by atoms with van der Waals surface area (Å²) in [5, 5.41) is -0.922. The van der Waals surface area contributed by atoms with Crippen molar-refractivity contribution in [3.8, 4) is 0 Å². The van der Waals surface area contributed by atoms with Crippen molar-refractivity contribution in [3.05, 3.63) is 26.2 Å². The number of rotatable bonds is 1. The minimum atomic E-state index is -4.54. The molecule has 9 heteroatoms. The first-order valence-electron chi connectivity index (χ1n) is 3.05. The molecule has 1 aromatic carbocycles. The molecule has 0 aliphatic rings. The molecule has 0 bridgehead atoms. The number of benzene rings is 1.